The van der Waals surface area contributed by atoms with Gasteiger partial charge in [-0.15, -0.1) is 0 Å². The van der Waals surface area contributed by atoms with Crippen molar-refractivity contribution < 1.29 is 14.3 Å². The van der Waals surface area contributed by atoms with Gasteiger partial charge in [0, 0.05) is 11.6 Å². The van der Waals surface area contributed by atoms with Gasteiger partial charge in [0.15, 0.2) is 0 Å². The maximum absolute atomic E-state index is 10.8. The Morgan fingerprint density at radius 2 is 2.00 bits per heavy atom. The fourth-order valence-electron chi connectivity index (χ4n) is 1.94. The highest BCUT2D eigenvalue weighted by Crippen LogP contribution is 2.34. The van der Waals surface area contributed by atoms with E-state index in [-0.39, 0.29) is 0 Å². The van der Waals surface area contributed by atoms with Crippen molar-refractivity contribution in [2.24, 2.45) is 0 Å². The molecule has 0 radical (unpaired) electrons. The molecule has 0 amide bonds. The summed E-state index contributed by atoms with van der Waals surface area (Å²) >= 11 is 0. The van der Waals surface area contributed by atoms with Crippen LogP contribution < -0.4 is 9.47 Å². The number of carbonyl (C=O) groups excluding carboxylic acids is 1. The van der Waals surface area contributed by atoms with Gasteiger partial charge in [0.1, 0.15) is 17.8 Å². The standard InChI is InChI=1S/C13H14O3/c1-15-11-6-10-4-3-9(8-14)5-12(10)13(7-11)16-2/h5-8H,3-4H2,1-2H3. The van der Waals surface area contributed by atoms with Gasteiger partial charge in [0.2, 0.25) is 0 Å². The lowest BCUT2D eigenvalue weighted by molar-refractivity contribution is -0.105. The number of hydrogen-bond acceptors (Lipinski definition) is 3. The molecule has 1 aromatic rings. The second-order valence-corrected chi connectivity index (χ2v) is 3.74. The first-order valence-electron chi connectivity index (χ1n) is 5.19. The van der Waals surface area contributed by atoms with Gasteiger partial charge >= 0.3 is 0 Å². The fourth-order valence-corrected chi connectivity index (χ4v) is 1.94. The lowest BCUT2D eigenvalue weighted by atomic mass is 9.92. The van der Waals surface area contributed by atoms with Crippen LogP contribution in [-0.2, 0) is 11.2 Å². The zero-order valence-corrected chi connectivity index (χ0v) is 9.45. The minimum Gasteiger partial charge on any atom is -0.497 e. The van der Waals surface area contributed by atoms with Crippen LogP contribution in [0.2, 0.25) is 0 Å². The molecular weight excluding hydrogens is 204 g/mol. The zero-order valence-electron chi connectivity index (χ0n) is 9.45. The summed E-state index contributed by atoms with van der Waals surface area (Å²) in [6, 6.07) is 3.83. The molecule has 16 heavy (non-hydrogen) atoms. The third-order valence-corrected chi connectivity index (χ3v) is 2.82. The molecule has 1 aliphatic carbocycles. The highest BCUT2D eigenvalue weighted by molar-refractivity contribution is 5.85. The molecule has 84 valence electrons. The molecule has 1 aromatic carbocycles. The van der Waals surface area contributed by atoms with E-state index in [1.807, 2.05) is 18.2 Å². The summed E-state index contributed by atoms with van der Waals surface area (Å²) in [5.41, 5.74) is 2.98. The highest BCUT2D eigenvalue weighted by atomic mass is 16.5. The summed E-state index contributed by atoms with van der Waals surface area (Å²) in [7, 11) is 3.26. The van der Waals surface area contributed by atoms with Crippen molar-refractivity contribution in [3.8, 4) is 11.5 Å². The second kappa shape index (κ2) is 4.39. The number of fused-ring (bicyclic) bond motifs is 1. The summed E-state index contributed by atoms with van der Waals surface area (Å²) in [5.74, 6) is 1.55. The van der Waals surface area contributed by atoms with E-state index in [1.54, 1.807) is 14.2 Å². The Balaban J connectivity index is 2.55. The Labute approximate surface area is 94.7 Å². The number of benzene rings is 1. The van der Waals surface area contributed by atoms with Gasteiger partial charge in [-0.1, -0.05) is 0 Å². The maximum atomic E-state index is 10.8. The normalized spacial score (nSPS) is 13.8. The van der Waals surface area contributed by atoms with Crippen molar-refractivity contribution in [1.82, 2.24) is 0 Å². The van der Waals surface area contributed by atoms with E-state index in [0.29, 0.717) is 0 Å². The Kier molecular flexibility index (Phi) is 2.95. The minimum atomic E-state index is 0.758. The summed E-state index contributed by atoms with van der Waals surface area (Å²) in [6.45, 7) is 0. The predicted molar refractivity (Wildman–Crippen MR) is 61.9 cm³/mol. The molecule has 0 fully saturated rings. The van der Waals surface area contributed by atoms with E-state index in [9.17, 15) is 4.79 Å². The van der Waals surface area contributed by atoms with Gasteiger partial charge in [-0.2, -0.15) is 0 Å². The number of rotatable bonds is 3. The van der Waals surface area contributed by atoms with Crippen LogP contribution in [0.15, 0.2) is 17.7 Å². The van der Waals surface area contributed by atoms with E-state index in [4.69, 9.17) is 9.47 Å². The smallest absolute Gasteiger partial charge is 0.146 e. The Morgan fingerprint density at radius 1 is 1.19 bits per heavy atom. The molecule has 1 aliphatic rings. The lowest BCUT2D eigenvalue weighted by Gasteiger charge is -2.17. The first-order chi connectivity index (χ1) is 7.78. The molecule has 3 nitrogen and oxygen atoms in total. The van der Waals surface area contributed by atoms with Gasteiger partial charge in [0.05, 0.1) is 14.2 Å². The number of carbonyl (C=O) groups is 1. The van der Waals surface area contributed by atoms with Crippen molar-refractivity contribution >= 4 is 12.4 Å². The maximum Gasteiger partial charge on any atom is 0.146 e. The number of aldehydes is 1. The quantitative estimate of drug-likeness (QED) is 0.730. The largest absolute Gasteiger partial charge is 0.497 e. The van der Waals surface area contributed by atoms with Crippen molar-refractivity contribution in [2.75, 3.05) is 14.2 Å². The average molecular weight is 218 g/mol. The molecular formula is C13H14O3. The molecule has 2 rings (SSSR count). The van der Waals surface area contributed by atoms with Gasteiger partial charge in [-0.05, 0) is 36.1 Å². The third kappa shape index (κ3) is 1.81. The van der Waals surface area contributed by atoms with Crippen LogP contribution >= 0.6 is 0 Å². The molecule has 0 aromatic heterocycles. The van der Waals surface area contributed by atoms with Gasteiger partial charge in [-0.3, -0.25) is 4.79 Å². The molecule has 0 saturated carbocycles. The van der Waals surface area contributed by atoms with Crippen LogP contribution in [0.4, 0.5) is 0 Å². The summed E-state index contributed by atoms with van der Waals surface area (Å²) < 4.78 is 10.5. The molecule has 3 heteroatoms. The number of hydrogen-bond donors (Lipinski definition) is 0. The Bertz CT molecular complexity index is 447. The van der Waals surface area contributed by atoms with Gasteiger partial charge in [0.25, 0.3) is 0 Å². The van der Waals surface area contributed by atoms with Crippen LogP contribution in [0.3, 0.4) is 0 Å². The number of ether oxygens (including phenoxy) is 2. The van der Waals surface area contributed by atoms with Gasteiger partial charge < -0.3 is 9.47 Å². The van der Waals surface area contributed by atoms with Crippen LogP contribution in [0.1, 0.15) is 17.5 Å². The molecule has 0 aliphatic heterocycles. The van der Waals surface area contributed by atoms with E-state index in [2.05, 4.69) is 0 Å². The minimum absolute atomic E-state index is 0.758. The predicted octanol–water partition coefficient (Wildman–Crippen LogP) is 2.23. The summed E-state index contributed by atoms with van der Waals surface area (Å²) in [5, 5.41) is 0. The number of methoxy groups -OCH3 is 2. The van der Waals surface area contributed by atoms with Crippen molar-refractivity contribution in [2.45, 2.75) is 12.8 Å². The monoisotopic (exact) mass is 218 g/mol. The highest BCUT2D eigenvalue weighted by Gasteiger charge is 2.15. The van der Waals surface area contributed by atoms with Crippen molar-refractivity contribution in [1.29, 1.82) is 0 Å². The first kappa shape index (κ1) is 10.7. The molecule has 0 heterocycles. The van der Waals surface area contributed by atoms with E-state index in [0.717, 1.165) is 41.8 Å². The van der Waals surface area contributed by atoms with E-state index < -0.39 is 0 Å². The SMILES string of the molecule is COc1cc2c(c(OC)c1)C=C(C=O)CC2. The van der Waals surface area contributed by atoms with Crippen LogP contribution in [0.5, 0.6) is 11.5 Å². The van der Waals surface area contributed by atoms with Crippen LogP contribution in [-0.4, -0.2) is 20.5 Å². The fraction of sp³-hybridized carbons (Fsp3) is 0.308. The summed E-state index contributed by atoms with van der Waals surface area (Å²) in [6.07, 6.45) is 4.44. The van der Waals surface area contributed by atoms with Crippen molar-refractivity contribution in [3.63, 3.8) is 0 Å². The van der Waals surface area contributed by atoms with E-state index in [1.165, 1.54) is 5.56 Å². The zero-order chi connectivity index (χ0) is 11.5. The molecule has 0 saturated heterocycles. The number of allylic oxidation sites excluding steroid dienone is 1. The molecule has 0 spiro atoms. The molecule has 0 unspecified atom stereocenters. The first-order valence-corrected chi connectivity index (χ1v) is 5.19. The third-order valence-electron chi connectivity index (χ3n) is 2.82. The van der Waals surface area contributed by atoms with Crippen LogP contribution in [0, 0.1) is 0 Å². The molecule has 0 atom stereocenters. The summed E-state index contributed by atoms with van der Waals surface area (Å²) in [4.78, 5) is 10.8. The van der Waals surface area contributed by atoms with Gasteiger partial charge in [-0.25, -0.2) is 0 Å². The molecule has 0 bridgehead atoms. The average Bonchev–Trinajstić information content (AvgIpc) is 2.36. The second-order valence-electron chi connectivity index (χ2n) is 3.74. The Hall–Kier alpha value is -1.77. The topological polar surface area (TPSA) is 35.5 Å². The van der Waals surface area contributed by atoms with E-state index >= 15 is 0 Å². The molecule has 0 N–H and O–H groups in total. The van der Waals surface area contributed by atoms with Crippen LogP contribution in [0.25, 0.3) is 6.08 Å². The van der Waals surface area contributed by atoms with Crippen molar-refractivity contribution in [3.05, 3.63) is 28.8 Å². The lowest BCUT2D eigenvalue weighted by Crippen LogP contribution is -2.03. The Morgan fingerprint density at radius 3 is 2.62 bits per heavy atom. The number of aryl methyl sites for hydroxylation is 1.